The molecule has 1 unspecified atom stereocenters. The first kappa shape index (κ1) is 17.8. The molecule has 1 aromatic heterocycles. The maximum atomic E-state index is 13.0. The van der Waals surface area contributed by atoms with E-state index >= 15 is 0 Å². The maximum absolute atomic E-state index is 13.0. The lowest BCUT2D eigenvalue weighted by atomic mass is 9.85. The number of nitrogens with one attached hydrogen (secondary N) is 1. The van der Waals surface area contributed by atoms with Crippen LogP contribution in [0.15, 0.2) is 79.0 Å². The molecule has 0 spiro atoms. The zero-order valence-electron chi connectivity index (χ0n) is 15.6. The van der Waals surface area contributed by atoms with E-state index in [0.717, 1.165) is 27.6 Å². The minimum atomic E-state index is -0.0870. The highest BCUT2D eigenvalue weighted by atomic mass is 16.1. The molecule has 0 aliphatic rings. The van der Waals surface area contributed by atoms with Crippen molar-refractivity contribution in [3.8, 4) is 6.07 Å². The fourth-order valence-corrected chi connectivity index (χ4v) is 3.67. The van der Waals surface area contributed by atoms with Crippen molar-refractivity contribution >= 4 is 16.7 Å². The van der Waals surface area contributed by atoms with Crippen molar-refractivity contribution in [3.05, 3.63) is 107 Å². The molecule has 3 heteroatoms. The van der Waals surface area contributed by atoms with E-state index in [1.54, 1.807) is 0 Å². The molecule has 136 valence electrons. The number of rotatable bonds is 5. The zero-order valence-corrected chi connectivity index (χ0v) is 15.6. The molecule has 1 heterocycles. The smallest absolute Gasteiger partial charge is 0.163 e. The van der Waals surface area contributed by atoms with Gasteiger partial charge >= 0.3 is 0 Å². The van der Waals surface area contributed by atoms with E-state index in [1.807, 2.05) is 60.8 Å². The van der Waals surface area contributed by atoms with Crippen molar-refractivity contribution in [2.75, 3.05) is 0 Å². The molecular weight excluding hydrogens is 344 g/mol. The first-order valence-electron chi connectivity index (χ1n) is 9.31. The lowest BCUT2D eigenvalue weighted by Crippen LogP contribution is -2.09. The van der Waals surface area contributed by atoms with Gasteiger partial charge in [0.2, 0.25) is 0 Å². The van der Waals surface area contributed by atoms with E-state index in [-0.39, 0.29) is 11.7 Å². The van der Waals surface area contributed by atoms with E-state index in [2.05, 4.69) is 36.2 Å². The average molecular weight is 364 g/mol. The van der Waals surface area contributed by atoms with Gasteiger partial charge in [0.05, 0.1) is 11.6 Å². The van der Waals surface area contributed by atoms with Crippen molar-refractivity contribution in [3.63, 3.8) is 0 Å². The summed E-state index contributed by atoms with van der Waals surface area (Å²) in [6, 6.07) is 25.4. The molecule has 0 radical (unpaired) electrons. The van der Waals surface area contributed by atoms with Gasteiger partial charge < -0.3 is 4.98 Å². The fraction of sp³-hybridized carbons (Fsp3) is 0.120. The molecule has 0 saturated carbocycles. The minimum Gasteiger partial charge on any atom is -0.361 e. The highest BCUT2D eigenvalue weighted by Gasteiger charge is 2.22. The second-order valence-electron chi connectivity index (χ2n) is 7.07. The second kappa shape index (κ2) is 7.54. The molecule has 0 fully saturated rings. The standard InChI is InChI=1S/C25H20N2O/c1-17-7-12-24-22(13-17)23(16-27-24)21(19-10-8-18(15-26)9-11-19)14-25(28)20-5-3-2-4-6-20/h2-13,16,21,27H,14H2,1H3. The molecule has 0 amide bonds. The summed E-state index contributed by atoms with van der Waals surface area (Å²) in [5.74, 6) is 0.0213. The van der Waals surface area contributed by atoms with E-state index in [9.17, 15) is 4.79 Å². The van der Waals surface area contributed by atoms with Gasteiger partial charge in [0, 0.05) is 35.0 Å². The molecule has 3 aromatic carbocycles. The monoisotopic (exact) mass is 364 g/mol. The predicted octanol–water partition coefficient (Wildman–Crippen LogP) is 5.75. The predicted molar refractivity (Wildman–Crippen MR) is 111 cm³/mol. The van der Waals surface area contributed by atoms with Gasteiger partial charge in [-0.05, 0) is 42.3 Å². The normalized spacial score (nSPS) is 11.9. The van der Waals surface area contributed by atoms with Crippen LogP contribution in [0.5, 0.6) is 0 Å². The lowest BCUT2D eigenvalue weighted by molar-refractivity contribution is 0.0978. The Kier molecular flexibility index (Phi) is 4.78. The molecule has 0 aliphatic heterocycles. The van der Waals surface area contributed by atoms with Crippen molar-refractivity contribution in [2.24, 2.45) is 0 Å². The van der Waals surface area contributed by atoms with Crippen LogP contribution in [0.2, 0.25) is 0 Å². The van der Waals surface area contributed by atoms with E-state index in [1.165, 1.54) is 5.56 Å². The zero-order chi connectivity index (χ0) is 19.5. The molecule has 28 heavy (non-hydrogen) atoms. The van der Waals surface area contributed by atoms with Gasteiger partial charge in [0.15, 0.2) is 5.78 Å². The summed E-state index contributed by atoms with van der Waals surface area (Å²) < 4.78 is 0. The van der Waals surface area contributed by atoms with Crippen molar-refractivity contribution in [2.45, 2.75) is 19.3 Å². The van der Waals surface area contributed by atoms with Gasteiger partial charge in [0.25, 0.3) is 0 Å². The Balaban J connectivity index is 1.79. The molecule has 1 N–H and O–H groups in total. The largest absolute Gasteiger partial charge is 0.361 e. The van der Waals surface area contributed by atoms with Gasteiger partial charge in [-0.3, -0.25) is 4.79 Å². The number of hydrogen-bond donors (Lipinski definition) is 1. The van der Waals surface area contributed by atoms with Gasteiger partial charge in [-0.25, -0.2) is 0 Å². The SMILES string of the molecule is Cc1ccc2[nH]cc(C(CC(=O)c3ccccc3)c3ccc(C#N)cc3)c2c1. The Labute approximate surface area is 164 Å². The summed E-state index contributed by atoms with van der Waals surface area (Å²) >= 11 is 0. The number of benzene rings is 3. The lowest BCUT2D eigenvalue weighted by Gasteiger charge is -2.17. The Morgan fingerprint density at radius 2 is 1.79 bits per heavy atom. The topological polar surface area (TPSA) is 56.6 Å². The van der Waals surface area contributed by atoms with Crippen molar-refractivity contribution in [1.29, 1.82) is 5.26 Å². The second-order valence-corrected chi connectivity index (χ2v) is 7.07. The number of ketones is 1. The summed E-state index contributed by atoms with van der Waals surface area (Å²) in [5, 5.41) is 10.2. The first-order chi connectivity index (χ1) is 13.7. The van der Waals surface area contributed by atoms with Crippen LogP contribution in [0.4, 0.5) is 0 Å². The Bertz CT molecular complexity index is 1160. The third-order valence-electron chi connectivity index (χ3n) is 5.17. The minimum absolute atomic E-state index is 0.0870. The van der Waals surface area contributed by atoms with Crippen LogP contribution >= 0.6 is 0 Å². The summed E-state index contributed by atoms with van der Waals surface area (Å²) in [5.41, 5.74) is 5.72. The average Bonchev–Trinajstić information content (AvgIpc) is 3.15. The summed E-state index contributed by atoms with van der Waals surface area (Å²) in [4.78, 5) is 16.3. The quantitative estimate of drug-likeness (QED) is 0.458. The number of aromatic amines is 1. The van der Waals surface area contributed by atoms with Gasteiger partial charge in [-0.1, -0.05) is 54.1 Å². The van der Waals surface area contributed by atoms with E-state index in [0.29, 0.717) is 12.0 Å². The molecule has 3 nitrogen and oxygen atoms in total. The Morgan fingerprint density at radius 1 is 1.04 bits per heavy atom. The van der Waals surface area contributed by atoms with Crippen LogP contribution < -0.4 is 0 Å². The van der Waals surface area contributed by atoms with Gasteiger partial charge in [0.1, 0.15) is 0 Å². The molecule has 4 rings (SSSR count). The van der Waals surface area contributed by atoms with Crippen LogP contribution in [0.3, 0.4) is 0 Å². The van der Waals surface area contributed by atoms with Gasteiger partial charge in [-0.2, -0.15) is 5.26 Å². The number of H-pyrrole nitrogens is 1. The molecule has 0 saturated heterocycles. The molecule has 0 bridgehead atoms. The number of carbonyl (C=O) groups is 1. The molecule has 0 aliphatic carbocycles. The Hall–Kier alpha value is -3.64. The number of aromatic nitrogens is 1. The van der Waals surface area contributed by atoms with Crippen molar-refractivity contribution < 1.29 is 4.79 Å². The highest BCUT2D eigenvalue weighted by molar-refractivity contribution is 5.97. The van der Waals surface area contributed by atoms with Crippen LogP contribution in [0.1, 0.15) is 45.0 Å². The molecule has 4 aromatic rings. The van der Waals surface area contributed by atoms with Gasteiger partial charge in [-0.15, -0.1) is 0 Å². The summed E-state index contributed by atoms with van der Waals surface area (Å²) in [6.07, 6.45) is 2.38. The maximum Gasteiger partial charge on any atom is 0.163 e. The van der Waals surface area contributed by atoms with Crippen LogP contribution in [-0.2, 0) is 0 Å². The first-order valence-corrected chi connectivity index (χ1v) is 9.31. The number of nitriles is 1. The number of fused-ring (bicyclic) bond motifs is 1. The fourth-order valence-electron chi connectivity index (χ4n) is 3.67. The number of carbonyl (C=O) groups excluding carboxylic acids is 1. The number of aryl methyl sites for hydroxylation is 1. The number of hydrogen-bond acceptors (Lipinski definition) is 2. The third kappa shape index (κ3) is 3.45. The highest BCUT2D eigenvalue weighted by Crippen LogP contribution is 2.35. The van der Waals surface area contributed by atoms with Crippen LogP contribution in [0.25, 0.3) is 10.9 Å². The molecule has 1 atom stereocenters. The van der Waals surface area contributed by atoms with Crippen LogP contribution in [-0.4, -0.2) is 10.8 Å². The summed E-state index contributed by atoms with van der Waals surface area (Å²) in [7, 11) is 0. The van der Waals surface area contributed by atoms with E-state index in [4.69, 9.17) is 5.26 Å². The molecular formula is C25H20N2O. The summed E-state index contributed by atoms with van der Waals surface area (Å²) in [6.45, 7) is 2.07. The third-order valence-corrected chi connectivity index (χ3v) is 5.17. The Morgan fingerprint density at radius 3 is 2.50 bits per heavy atom. The van der Waals surface area contributed by atoms with Crippen molar-refractivity contribution in [1.82, 2.24) is 4.98 Å². The number of nitrogens with zero attached hydrogens (tertiary/aromatic N) is 1. The van der Waals surface area contributed by atoms with Crippen LogP contribution in [0, 0.1) is 18.3 Å². The van der Waals surface area contributed by atoms with E-state index < -0.39 is 0 Å². The number of Topliss-reactive ketones (excluding diaryl/α,β-unsaturated/α-hetero) is 1.